The summed E-state index contributed by atoms with van der Waals surface area (Å²) >= 11 is 0. The van der Waals surface area contributed by atoms with Crippen molar-refractivity contribution in [3.05, 3.63) is 65.7 Å². The fourth-order valence-electron chi connectivity index (χ4n) is 5.24. The fraction of sp³-hybridized carbons (Fsp3) is 0.370. The van der Waals surface area contributed by atoms with E-state index in [0.29, 0.717) is 11.5 Å². The van der Waals surface area contributed by atoms with E-state index >= 15 is 0 Å². The highest BCUT2D eigenvalue weighted by Crippen LogP contribution is 2.49. The van der Waals surface area contributed by atoms with Gasteiger partial charge in [-0.05, 0) is 59.7 Å². The summed E-state index contributed by atoms with van der Waals surface area (Å²) in [6, 6.07) is 8.03. The summed E-state index contributed by atoms with van der Waals surface area (Å²) in [6.07, 6.45) is 2.71. The van der Waals surface area contributed by atoms with Crippen molar-refractivity contribution in [3.8, 4) is 11.1 Å². The lowest BCUT2D eigenvalue weighted by Gasteiger charge is -2.34. The number of rotatable bonds is 4. The zero-order valence-corrected chi connectivity index (χ0v) is 20.4. The van der Waals surface area contributed by atoms with Gasteiger partial charge in [-0.2, -0.15) is 5.10 Å². The number of aryl methyl sites for hydroxylation is 2. The number of fused-ring (bicyclic) bond motifs is 2. The van der Waals surface area contributed by atoms with Crippen molar-refractivity contribution in [1.29, 1.82) is 0 Å². The predicted molar refractivity (Wildman–Crippen MR) is 135 cm³/mol. The Hall–Kier alpha value is -3.35. The van der Waals surface area contributed by atoms with Crippen molar-refractivity contribution in [3.63, 3.8) is 0 Å². The van der Waals surface area contributed by atoms with E-state index in [1.807, 2.05) is 20.2 Å². The Morgan fingerprint density at radius 2 is 1.74 bits per heavy atom. The molecule has 34 heavy (non-hydrogen) atoms. The summed E-state index contributed by atoms with van der Waals surface area (Å²) in [5.41, 5.74) is 7.84. The van der Waals surface area contributed by atoms with Crippen LogP contribution in [-0.4, -0.2) is 30.4 Å². The van der Waals surface area contributed by atoms with Crippen LogP contribution in [0, 0.1) is 0 Å². The standard InChI is InChI=1S/C27H31F2N5/c1-16(2)21-11-20(12-25-26(21)33(6)17(3)32(25)5)34-9-7-8-18-10-22(19-14-30-31(4)15-19)23(27(28)29)13-24(18)34/h10-16,27H,3,7-9H2,1-2,4-6H3. The topological polar surface area (TPSA) is 27.5 Å². The Bertz CT molecular complexity index is 1280. The number of halogens is 2. The first-order chi connectivity index (χ1) is 16.2. The van der Waals surface area contributed by atoms with Gasteiger partial charge in [0, 0.05) is 56.4 Å². The number of alkyl halides is 2. The van der Waals surface area contributed by atoms with Crippen molar-refractivity contribution in [2.24, 2.45) is 7.05 Å². The van der Waals surface area contributed by atoms with Gasteiger partial charge < -0.3 is 14.7 Å². The van der Waals surface area contributed by atoms with Crippen molar-refractivity contribution in [2.75, 3.05) is 35.3 Å². The monoisotopic (exact) mass is 463 g/mol. The fourth-order valence-corrected chi connectivity index (χ4v) is 5.24. The Morgan fingerprint density at radius 3 is 2.38 bits per heavy atom. The molecule has 178 valence electrons. The Balaban J connectivity index is 1.67. The molecular formula is C27H31F2N5. The quantitative estimate of drug-likeness (QED) is 0.436. The van der Waals surface area contributed by atoms with E-state index < -0.39 is 6.43 Å². The molecule has 0 saturated carbocycles. The minimum Gasteiger partial charge on any atom is -0.341 e. The smallest absolute Gasteiger partial charge is 0.264 e. The highest BCUT2D eigenvalue weighted by atomic mass is 19.3. The maximum atomic E-state index is 14.2. The lowest BCUT2D eigenvalue weighted by atomic mass is 9.92. The SMILES string of the molecule is C=C1N(C)c2cc(N3CCCc4cc(-c5cnn(C)c5)c(C(F)F)cc43)cc(C(C)C)c2N1C. The number of anilines is 4. The minimum absolute atomic E-state index is 0.0501. The van der Waals surface area contributed by atoms with Crippen molar-refractivity contribution >= 4 is 22.7 Å². The van der Waals surface area contributed by atoms with Crippen LogP contribution in [0.25, 0.3) is 11.1 Å². The zero-order chi connectivity index (χ0) is 24.3. The highest BCUT2D eigenvalue weighted by molar-refractivity contribution is 5.89. The average molecular weight is 464 g/mol. The van der Waals surface area contributed by atoms with Crippen molar-refractivity contribution < 1.29 is 8.78 Å². The number of benzene rings is 2. The third kappa shape index (κ3) is 3.45. The van der Waals surface area contributed by atoms with Gasteiger partial charge in [0.25, 0.3) is 6.43 Å². The molecule has 3 aromatic rings. The van der Waals surface area contributed by atoms with Crippen LogP contribution in [0.1, 0.15) is 49.3 Å². The van der Waals surface area contributed by atoms with Crippen LogP contribution < -0.4 is 14.7 Å². The van der Waals surface area contributed by atoms with Crippen molar-refractivity contribution in [2.45, 2.75) is 39.0 Å². The first kappa shape index (κ1) is 22.4. The second kappa shape index (κ2) is 8.15. The second-order valence-corrected chi connectivity index (χ2v) is 9.62. The summed E-state index contributed by atoms with van der Waals surface area (Å²) in [5, 5.41) is 4.19. The molecule has 1 aromatic heterocycles. The molecule has 0 unspecified atom stereocenters. The molecule has 0 fully saturated rings. The molecule has 0 bridgehead atoms. The molecule has 0 spiro atoms. The molecule has 0 N–H and O–H groups in total. The van der Waals surface area contributed by atoms with Gasteiger partial charge in [-0.3, -0.25) is 4.68 Å². The summed E-state index contributed by atoms with van der Waals surface area (Å²) in [4.78, 5) is 6.44. The number of hydrogen-bond donors (Lipinski definition) is 0. The van der Waals surface area contributed by atoms with Crippen LogP contribution >= 0.6 is 0 Å². The van der Waals surface area contributed by atoms with Gasteiger partial charge in [0.1, 0.15) is 5.82 Å². The third-order valence-corrected chi connectivity index (χ3v) is 7.13. The maximum absolute atomic E-state index is 14.2. The Labute approximate surface area is 199 Å². The number of hydrogen-bond acceptors (Lipinski definition) is 4. The van der Waals surface area contributed by atoms with Gasteiger partial charge in [0.15, 0.2) is 0 Å². The van der Waals surface area contributed by atoms with Crippen LogP contribution in [0.2, 0.25) is 0 Å². The van der Waals surface area contributed by atoms with Gasteiger partial charge >= 0.3 is 0 Å². The first-order valence-electron chi connectivity index (χ1n) is 11.7. The second-order valence-electron chi connectivity index (χ2n) is 9.62. The lowest BCUT2D eigenvalue weighted by molar-refractivity contribution is 0.152. The third-order valence-electron chi connectivity index (χ3n) is 7.13. The van der Waals surface area contributed by atoms with Crippen LogP contribution in [0.4, 0.5) is 31.5 Å². The zero-order valence-electron chi connectivity index (χ0n) is 20.4. The van der Waals surface area contributed by atoms with Crippen LogP contribution in [0.15, 0.2) is 49.1 Å². The van der Waals surface area contributed by atoms with Gasteiger partial charge in [-0.1, -0.05) is 20.4 Å². The highest BCUT2D eigenvalue weighted by Gasteiger charge is 2.31. The molecular weight excluding hydrogens is 432 g/mol. The lowest BCUT2D eigenvalue weighted by Crippen LogP contribution is -2.25. The molecule has 0 saturated heterocycles. The normalized spacial score (nSPS) is 15.6. The molecule has 0 atom stereocenters. The molecule has 2 aliphatic rings. The predicted octanol–water partition coefficient (Wildman–Crippen LogP) is 6.59. The van der Waals surface area contributed by atoms with E-state index in [0.717, 1.165) is 53.4 Å². The van der Waals surface area contributed by atoms with Crippen LogP contribution in [0.5, 0.6) is 0 Å². The van der Waals surface area contributed by atoms with E-state index in [-0.39, 0.29) is 5.56 Å². The molecule has 5 rings (SSSR count). The van der Waals surface area contributed by atoms with Gasteiger partial charge in [0.05, 0.1) is 17.6 Å². The molecule has 0 aliphatic carbocycles. The maximum Gasteiger partial charge on any atom is 0.264 e. The molecule has 2 aliphatic heterocycles. The van der Waals surface area contributed by atoms with Crippen molar-refractivity contribution in [1.82, 2.24) is 9.78 Å². The molecule has 7 heteroatoms. The van der Waals surface area contributed by atoms with E-state index in [4.69, 9.17) is 0 Å². The molecule has 2 aromatic carbocycles. The van der Waals surface area contributed by atoms with Gasteiger partial charge in [-0.15, -0.1) is 0 Å². The largest absolute Gasteiger partial charge is 0.341 e. The number of nitrogens with zero attached hydrogens (tertiary/aromatic N) is 5. The Morgan fingerprint density at radius 1 is 0.971 bits per heavy atom. The van der Waals surface area contributed by atoms with Gasteiger partial charge in [0.2, 0.25) is 0 Å². The van der Waals surface area contributed by atoms with E-state index in [2.05, 4.69) is 52.4 Å². The molecule has 5 nitrogen and oxygen atoms in total. The van der Waals surface area contributed by atoms with E-state index in [1.54, 1.807) is 30.2 Å². The number of aromatic nitrogens is 2. The van der Waals surface area contributed by atoms with E-state index in [9.17, 15) is 8.78 Å². The summed E-state index contributed by atoms with van der Waals surface area (Å²) in [7, 11) is 5.87. The minimum atomic E-state index is -2.57. The van der Waals surface area contributed by atoms with E-state index in [1.165, 1.54) is 11.3 Å². The summed E-state index contributed by atoms with van der Waals surface area (Å²) in [6.45, 7) is 9.40. The van der Waals surface area contributed by atoms with Gasteiger partial charge in [-0.25, -0.2) is 8.78 Å². The molecule has 0 amide bonds. The Kier molecular flexibility index (Phi) is 5.38. The first-order valence-corrected chi connectivity index (χ1v) is 11.7. The molecule has 0 radical (unpaired) electrons. The van der Waals surface area contributed by atoms with Crippen LogP contribution in [0.3, 0.4) is 0 Å². The summed E-state index contributed by atoms with van der Waals surface area (Å²) < 4.78 is 30.1. The molecule has 3 heterocycles. The average Bonchev–Trinajstić information content (AvgIpc) is 3.34. The summed E-state index contributed by atoms with van der Waals surface area (Å²) in [5.74, 6) is 1.23. The van der Waals surface area contributed by atoms with Crippen LogP contribution in [-0.2, 0) is 13.5 Å².